The van der Waals surface area contributed by atoms with Gasteiger partial charge in [-0.25, -0.2) is 0 Å². The van der Waals surface area contributed by atoms with E-state index in [1.54, 1.807) is 0 Å². The minimum Gasteiger partial charge on any atom is -0.314 e. The Bertz CT molecular complexity index is 129. The lowest BCUT2D eigenvalue weighted by Gasteiger charge is -2.13. The van der Waals surface area contributed by atoms with Crippen molar-refractivity contribution in [2.75, 3.05) is 6.54 Å². The molecule has 1 aliphatic rings. The zero-order valence-corrected chi connectivity index (χ0v) is 10.0. The monoisotopic (exact) mass is 197 g/mol. The molecule has 1 heteroatoms. The molecule has 1 aliphatic carbocycles. The first-order valence-electron chi connectivity index (χ1n) is 6.56. The van der Waals surface area contributed by atoms with Crippen LogP contribution in [-0.2, 0) is 0 Å². The molecule has 0 spiro atoms. The molecule has 0 bridgehead atoms. The second-order valence-electron chi connectivity index (χ2n) is 4.94. The van der Waals surface area contributed by atoms with Crippen LogP contribution in [0.3, 0.4) is 0 Å². The van der Waals surface area contributed by atoms with Gasteiger partial charge in [0.2, 0.25) is 0 Å². The molecule has 0 aromatic heterocycles. The van der Waals surface area contributed by atoms with E-state index in [2.05, 4.69) is 19.2 Å². The second kappa shape index (κ2) is 7.28. The van der Waals surface area contributed by atoms with Crippen molar-refractivity contribution in [2.24, 2.45) is 5.92 Å². The van der Waals surface area contributed by atoms with Crippen LogP contribution < -0.4 is 5.32 Å². The van der Waals surface area contributed by atoms with Crippen LogP contribution in [0.25, 0.3) is 0 Å². The van der Waals surface area contributed by atoms with Crippen LogP contribution >= 0.6 is 0 Å². The molecule has 0 aromatic rings. The molecule has 1 atom stereocenters. The summed E-state index contributed by atoms with van der Waals surface area (Å²) >= 11 is 0. The molecule has 0 aliphatic heterocycles. The van der Waals surface area contributed by atoms with E-state index < -0.39 is 0 Å². The zero-order chi connectivity index (χ0) is 10.2. The number of nitrogens with one attached hydrogen (secondary N) is 1. The SMILES string of the molecule is CCCCCC(C)NCCCC1CC1. The van der Waals surface area contributed by atoms with E-state index in [4.69, 9.17) is 0 Å². The first-order valence-corrected chi connectivity index (χ1v) is 6.56. The summed E-state index contributed by atoms with van der Waals surface area (Å²) in [5, 5.41) is 3.62. The topological polar surface area (TPSA) is 12.0 Å². The Morgan fingerprint density at radius 2 is 2.00 bits per heavy atom. The van der Waals surface area contributed by atoms with Crippen LogP contribution in [0, 0.1) is 5.92 Å². The third-order valence-corrected chi connectivity index (χ3v) is 3.22. The lowest BCUT2D eigenvalue weighted by atomic mass is 10.1. The van der Waals surface area contributed by atoms with E-state index in [9.17, 15) is 0 Å². The highest BCUT2D eigenvalue weighted by molar-refractivity contribution is 4.73. The second-order valence-corrected chi connectivity index (χ2v) is 4.94. The predicted octanol–water partition coefficient (Wildman–Crippen LogP) is 3.74. The van der Waals surface area contributed by atoms with E-state index in [-0.39, 0.29) is 0 Å². The summed E-state index contributed by atoms with van der Waals surface area (Å²) in [6, 6.07) is 0.737. The zero-order valence-electron chi connectivity index (χ0n) is 10.0. The Morgan fingerprint density at radius 3 is 2.64 bits per heavy atom. The van der Waals surface area contributed by atoms with Crippen LogP contribution in [0.4, 0.5) is 0 Å². The third-order valence-electron chi connectivity index (χ3n) is 3.22. The summed E-state index contributed by atoms with van der Waals surface area (Å²) in [7, 11) is 0. The molecule has 84 valence electrons. The van der Waals surface area contributed by atoms with Crippen molar-refractivity contribution in [3.8, 4) is 0 Å². The van der Waals surface area contributed by atoms with Gasteiger partial charge in [0.15, 0.2) is 0 Å². The summed E-state index contributed by atoms with van der Waals surface area (Å²) in [6.07, 6.45) is 11.4. The lowest BCUT2D eigenvalue weighted by molar-refractivity contribution is 0.473. The fourth-order valence-corrected chi connectivity index (χ4v) is 1.95. The Kier molecular flexibility index (Phi) is 6.25. The standard InChI is InChI=1S/C13H27N/c1-3-4-5-7-12(2)14-11-6-8-13-9-10-13/h12-14H,3-11H2,1-2H3. The molecule has 1 N–H and O–H groups in total. The molecule has 1 rings (SSSR count). The van der Waals surface area contributed by atoms with Gasteiger partial charge in [0.05, 0.1) is 0 Å². The van der Waals surface area contributed by atoms with Gasteiger partial charge in [0.25, 0.3) is 0 Å². The Hall–Kier alpha value is -0.0400. The van der Waals surface area contributed by atoms with Crippen LogP contribution in [-0.4, -0.2) is 12.6 Å². The highest BCUT2D eigenvalue weighted by Gasteiger charge is 2.19. The summed E-state index contributed by atoms with van der Waals surface area (Å²) in [6.45, 7) is 5.84. The fraction of sp³-hybridized carbons (Fsp3) is 1.00. The van der Waals surface area contributed by atoms with Crippen molar-refractivity contribution < 1.29 is 0 Å². The molecule has 1 nitrogen and oxygen atoms in total. The van der Waals surface area contributed by atoms with Crippen molar-refractivity contribution in [2.45, 2.75) is 71.3 Å². The average Bonchev–Trinajstić information content (AvgIpc) is 2.97. The molecule has 1 unspecified atom stereocenters. The number of rotatable bonds is 9. The molecule has 0 saturated heterocycles. The summed E-state index contributed by atoms with van der Waals surface area (Å²) < 4.78 is 0. The van der Waals surface area contributed by atoms with E-state index in [1.165, 1.54) is 57.9 Å². The Labute approximate surface area is 89.7 Å². The maximum atomic E-state index is 3.62. The van der Waals surface area contributed by atoms with Gasteiger partial charge in [0.1, 0.15) is 0 Å². The van der Waals surface area contributed by atoms with Gasteiger partial charge in [0, 0.05) is 6.04 Å². The summed E-state index contributed by atoms with van der Waals surface area (Å²) in [5.74, 6) is 1.10. The van der Waals surface area contributed by atoms with Crippen LogP contribution in [0.2, 0.25) is 0 Å². The fourth-order valence-electron chi connectivity index (χ4n) is 1.95. The van der Waals surface area contributed by atoms with Gasteiger partial charge in [-0.3, -0.25) is 0 Å². The molecule has 1 saturated carbocycles. The smallest absolute Gasteiger partial charge is 0.00387 e. The largest absolute Gasteiger partial charge is 0.314 e. The van der Waals surface area contributed by atoms with E-state index in [0.717, 1.165) is 12.0 Å². The number of hydrogen-bond donors (Lipinski definition) is 1. The summed E-state index contributed by atoms with van der Waals surface area (Å²) in [5.41, 5.74) is 0. The quantitative estimate of drug-likeness (QED) is 0.555. The maximum Gasteiger partial charge on any atom is 0.00387 e. The number of unbranched alkanes of at least 4 members (excludes halogenated alkanes) is 2. The van der Waals surface area contributed by atoms with Gasteiger partial charge in [-0.2, -0.15) is 0 Å². The minimum absolute atomic E-state index is 0.737. The highest BCUT2D eigenvalue weighted by Crippen LogP contribution is 2.33. The van der Waals surface area contributed by atoms with E-state index in [1.807, 2.05) is 0 Å². The average molecular weight is 197 g/mol. The van der Waals surface area contributed by atoms with E-state index >= 15 is 0 Å². The first-order chi connectivity index (χ1) is 6.83. The van der Waals surface area contributed by atoms with Gasteiger partial charge in [-0.1, -0.05) is 39.0 Å². The Morgan fingerprint density at radius 1 is 1.21 bits per heavy atom. The molecule has 0 heterocycles. The van der Waals surface area contributed by atoms with Gasteiger partial charge in [-0.15, -0.1) is 0 Å². The highest BCUT2D eigenvalue weighted by atomic mass is 14.9. The van der Waals surface area contributed by atoms with Gasteiger partial charge in [-0.05, 0) is 38.6 Å². The van der Waals surface area contributed by atoms with Crippen LogP contribution in [0.5, 0.6) is 0 Å². The third kappa shape index (κ3) is 6.42. The molecule has 0 radical (unpaired) electrons. The summed E-state index contributed by atoms with van der Waals surface area (Å²) in [4.78, 5) is 0. The van der Waals surface area contributed by atoms with Crippen molar-refractivity contribution in [1.29, 1.82) is 0 Å². The van der Waals surface area contributed by atoms with Gasteiger partial charge >= 0.3 is 0 Å². The van der Waals surface area contributed by atoms with E-state index in [0.29, 0.717) is 0 Å². The predicted molar refractivity (Wildman–Crippen MR) is 63.6 cm³/mol. The minimum atomic E-state index is 0.737. The maximum absolute atomic E-state index is 3.62. The lowest BCUT2D eigenvalue weighted by Crippen LogP contribution is -2.26. The molecular formula is C13H27N. The van der Waals surface area contributed by atoms with Crippen molar-refractivity contribution in [1.82, 2.24) is 5.32 Å². The Balaban J connectivity index is 1.78. The van der Waals surface area contributed by atoms with Crippen molar-refractivity contribution in [3.63, 3.8) is 0 Å². The molecule has 14 heavy (non-hydrogen) atoms. The molecule has 0 aromatic carbocycles. The molecule has 0 amide bonds. The van der Waals surface area contributed by atoms with Crippen molar-refractivity contribution >= 4 is 0 Å². The normalized spacial score (nSPS) is 18.4. The van der Waals surface area contributed by atoms with Crippen LogP contribution in [0.15, 0.2) is 0 Å². The van der Waals surface area contributed by atoms with Gasteiger partial charge < -0.3 is 5.32 Å². The molecule has 1 fully saturated rings. The number of hydrogen-bond acceptors (Lipinski definition) is 1. The molecular weight excluding hydrogens is 170 g/mol. The first kappa shape index (κ1) is 12.0. The van der Waals surface area contributed by atoms with Crippen molar-refractivity contribution in [3.05, 3.63) is 0 Å². The van der Waals surface area contributed by atoms with Crippen LogP contribution in [0.1, 0.15) is 65.2 Å².